The number of carboxylic acid groups (broad SMARTS) is 1. The Labute approximate surface area is 105 Å². The predicted octanol–water partition coefficient (Wildman–Crippen LogP) is 1.30. The standard InChI is InChI=1S/C13H17NO4/c1-13(2,8-12(17)18)14-11(16)7-9-5-3-4-6-10(9)15/h3-6,15H,7-8H2,1-2H3,(H,14,16)(H,17,18). The lowest BCUT2D eigenvalue weighted by atomic mass is 10.00. The molecule has 5 nitrogen and oxygen atoms in total. The van der Waals surface area contributed by atoms with Crippen molar-refractivity contribution in [3.8, 4) is 5.75 Å². The van der Waals surface area contributed by atoms with Crippen molar-refractivity contribution in [1.29, 1.82) is 0 Å². The quantitative estimate of drug-likeness (QED) is 0.736. The summed E-state index contributed by atoms with van der Waals surface area (Å²) >= 11 is 0. The lowest BCUT2D eigenvalue weighted by Gasteiger charge is -2.24. The molecule has 0 fully saturated rings. The van der Waals surface area contributed by atoms with Gasteiger partial charge in [0.15, 0.2) is 0 Å². The number of aliphatic carboxylic acids is 1. The molecule has 1 rings (SSSR count). The molecule has 1 aromatic rings. The molecule has 0 spiro atoms. The van der Waals surface area contributed by atoms with Crippen molar-refractivity contribution in [2.45, 2.75) is 32.2 Å². The van der Waals surface area contributed by atoms with Crippen LogP contribution in [0.2, 0.25) is 0 Å². The van der Waals surface area contributed by atoms with Crippen LogP contribution in [-0.4, -0.2) is 27.6 Å². The molecular formula is C13H17NO4. The summed E-state index contributed by atoms with van der Waals surface area (Å²) in [6.45, 7) is 3.29. The van der Waals surface area contributed by atoms with Crippen LogP contribution in [0.4, 0.5) is 0 Å². The summed E-state index contributed by atoms with van der Waals surface area (Å²) < 4.78 is 0. The van der Waals surface area contributed by atoms with Gasteiger partial charge in [0.05, 0.1) is 12.8 Å². The van der Waals surface area contributed by atoms with Crippen LogP contribution in [0.1, 0.15) is 25.8 Å². The molecule has 0 saturated heterocycles. The fourth-order valence-corrected chi connectivity index (χ4v) is 1.68. The summed E-state index contributed by atoms with van der Waals surface area (Å²) in [5.41, 5.74) is -0.297. The molecule has 0 atom stereocenters. The number of aromatic hydroxyl groups is 1. The first-order valence-electron chi connectivity index (χ1n) is 5.60. The zero-order valence-electron chi connectivity index (χ0n) is 10.4. The Kier molecular flexibility index (Phi) is 4.31. The maximum atomic E-state index is 11.7. The molecule has 0 saturated carbocycles. The van der Waals surface area contributed by atoms with E-state index in [0.717, 1.165) is 0 Å². The molecule has 98 valence electrons. The van der Waals surface area contributed by atoms with Crippen LogP contribution in [0.25, 0.3) is 0 Å². The number of carbonyl (C=O) groups excluding carboxylic acids is 1. The third-order valence-electron chi connectivity index (χ3n) is 2.41. The van der Waals surface area contributed by atoms with E-state index in [1.54, 1.807) is 32.0 Å². The number of hydrogen-bond donors (Lipinski definition) is 3. The molecule has 0 unspecified atom stereocenters. The Morgan fingerprint density at radius 1 is 1.28 bits per heavy atom. The van der Waals surface area contributed by atoms with Crippen LogP contribution in [-0.2, 0) is 16.0 Å². The highest BCUT2D eigenvalue weighted by Crippen LogP contribution is 2.16. The molecule has 0 heterocycles. The molecule has 0 aromatic heterocycles. The van der Waals surface area contributed by atoms with E-state index in [1.807, 2.05) is 0 Å². The second-order valence-electron chi connectivity index (χ2n) is 4.81. The fraction of sp³-hybridized carbons (Fsp3) is 0.385. The van der Waals surface area contributed by atoms with Crippen LogP contribution in [0.15, 0.2) is 24.3 Å². The Hall–Kier alpha value is -2.04. The summed E-state index contributed by atoms with van der Waals surface area (Å²) in [4.78, 5) is 22.4. The molecule has 0 radical (unpaired) electrons. The van der Waals surface area contributed by atoms with E-state index < -0.39 is 11.5 Å². The van der Waals surface area contributed by atoms with Crippen molar-refractivity contribution in [3.63, 3.8) is 0 Å². The molecule has 1 amide bonds. The van der Waals surface area contributed by atoms with Gasteiger partial charge in [-0.25, -0.2) is 0 Å². The van der Waals surface area contributed by atoms with Gasteiger partial charge in [-0.1, -0.05) is 18.2 Å². The number of amides is 1. The summed E-state index contributed by atoms with van der Waals surface area (Å²) in [6, 6.07) is 6.56. The highest BCUT2D eigenvalue weighted by atomic mass is 16.4. The third kappa shape index (κ3) is 4.45. The molecule has 0 bridgehead atoms. The minimum Gasteiger partial charge on any atom is -0.508 e. The van der Waals surface area contributed by atoms with E-state index in [2.05, 4.69) is 5.32 Å². The molecular weight excluding hydrogens is 234 g/mol. The number of phenolic OH excluding ortho intramolecular Hbond substituents is 1. The number of para-hydroxylation sites is 1. The lowest BCUT2D eigenvalue weighted by molar-refractivity contribution is -0.138. The minimum atomic E-state index is -0.970. The number of phenols is 1. The summed E-state index contributed by atoms with van der Waals surface area (Å²) in [7, 11) is 0. The summed E-state index contributed by atoms with van der Waals surface area (Å²) in [5.74, 6) is -1.23. The van der Waals surface area contributed by atoms with Gasteiger partial charge in [-0.2, -0.15) is 0 Å². The zero-order valence-corrected chi connectivity index (χ0v) is 10.4. The molecule has 1 aromatic carbocycles. The molecule has 0 aliphatic carbocycles. The normalized spacial score (nSPS) is 11.0. The van der Waals surface area contributed by atoms with E-state index in [4.69, 9.17) is 5.11 Å². The highest BCUT2D eigenvalue weighted by Gasteiger charge is 2.24. The Balaban J connectivity index is 2.62. The number of rotatable bonds is 5. The highest BCUT2D eigenvalue weighted by molar-refractivity contribution is 5.81. The van der Waals surface area contributed by atoms with Gasteiger partial charge in [-0.15, -0.1) is 0 Å². The van der Waals surface area contributed by atoms with Gasteiger partial charge < -0.3 is 15.5 Å². The molecule has 0 aliphatic rings. The molecule has 0 aliphatic heterocycles. The predicted molar refractivity (Wildman–Crippen MR) is 66.3 cm³/mol. The topological polar surface area (TPSA) is 86.6 Å². The van der Waals surface area contributed by atoms with Gasteiger partial charge >= 0.3 is 5.97 Å². The van der Waals surface area contributed by atoms with Gasteiger partial charge in [0.1, 0.15) is 5.75 Å². The Morgan fingerprint density at radius 3 is 2.44 bits per heavy atom. The van der Waals surface area contributed by atoms with Crippen LogP contribution in [0.3, 0.4) is 0 Å². The minimum absolute atomic E-state index is 0.0235. The van der Waals surface area contributed by atoms with E-state index in [-0.39, 0.29) is 24.5 Å². The van der Waals surface area contributed by atoms with Crippen molar-refractivity contribution >= 4 is 11.9 Å². The number of carbonyl (C=O) groups is 2. The molecule has 18 heavy (non-hydrogen) atoms. The Morgan fingerprint density at radius 2 is 1.89 bits per heavy atom. The SMILES string of the molecule is CC(C)(CC(=O)O)NC(=O)Cc1ccccc1O. The second-order valence-corrected chi connectivity index (χ2v) is 4.81. The average Bonchev–Trinajstić information content (AvgIpc) is 2.18. The maximum absolute atomic E-state index is 11.7. The van der Waals surface area contributed by atoms with Crippen LogP contribution in [0.5, 0.6) is 5.75 Å². The van der Waals surface area contributed by atoms with Gasteiger partial charge in [0.25, 0.3) is 0 Å². The largest absolute Gasteiger partial charge is 0.508 e. The Bertz CT molecular complexity index is 454. The second kappa shape index (κ2) is 5.53. The smallest absolute Gasteiger partial charge is 0.305 e. The van der Waals surface area contributed by atoms with Crippen LogP contribution in [0, 0.1) is 0 Å². The average molecular weight is 251 g/mol. The number of nitrogens with one attached hydrogen (secondary N) is 1. The first kappa shape index (κ1) is 14.0. The van der Waals surface area contributed by atoms with E-state index in [0.29, 0.717) is 5.56 Å². The number of benzene rings is 1. The van der Waals surface area contributed by atoms with Crippen LogP contribution >= 0.6 is 0 Å². The monoisotopic (exact) mass is 251 g/mol. The number of hydrogen-bond acceptors (Lipinski definition) is 3. The van der Waals surface area contributed by atoms with E-state index >= 15 is 0 Å². The maximum Gasteiger partial charge on any atom is 0.305 e. The van der Waals surface area contributed by atoms with Gasteiger partial charge in [-0.3, -0.25) is 9.59 Å². The van der Waals surface area contributed by atoms with Crippen molar-refractivity contribution in [1.82, 2.24) is 5.32 Å². The fourth-order valence-electron chi connectivity index (χ4n) is 1.68. The van der Waals surface area contributed by atoms with Gasteiger partial charge in [0.2, 0.25) is 5.91 Å². The zero-order chi connectivity index (χ0) is 13.8. The molecule has 5 heteroatoms. The van der Waals surface area contributed by atoms with Crippen molar-refractivity contribution in [2.24, 2.45) is 0 Å². The summed E-state index contributed by atoms with van der Waals surface area (Å²) in [5, 5.41) is 20.9. The lowest BCUT2D eigenvalue weighted by Crippen LogP contribution is -2.45. The van der Waals surface area contributed by atoms with E-state index in [9.17, 15) is 14.7 Å². The van der Waals surface area contributed by atoms with Crippen molar-refractivity contribution in [2.75, 3.05) is 0 Å². The van der Waals surface area contributed by atoms with Crippen LogP contribution < -0.4 is 5.32 Å². The first-order valence-corrected chi connectivity index (χ1v) is 5.60. The van der Waals surface area contributed by atoms with Crippen molar-refractivity contribution in [3.05, 3.63) is 29.8 Å². The first-order chi connectivity index (χ1) is 8.30. The van der Waals surface area contributed by atoms with E-state index in [1.165, 1.54) is 6.07 Å². The van der Waals surface area contributed by atoms with Gasteiger partial charge in [0, 0.05) is 11.1 Å². The van der Waals surface area contributed by atoms with Gasteiger partial charge in [-0.05, 0) is 19.9 Å². The third-order valence-corrected chi connectivity index (χ3v) is 2.41. The summed E-state index contributed by atoms with van der Waals surface area (Å²) in [6.07, 6.45) is -0.130. The molecule has 3 N–H and O–H groups in total. The number of carboxylic acids is 1. The van der Waals surface area contributed by atoms with Crippen molar-refractivity contribution < 1.29 is 19.8 Å².